The minimum Gasteiger partial charge on any atom is -0.206 e. The summed E-state index contributed by atoms with van der Waals surface area (Å²) in [6.07, 6.45) is 0.872. The second-order valence-corrected chi connectivity index (χ2v) is 11.5. The predicted molar refractivity (Wildman–Crippen MR) is 94.9 cm³/mol. The Morgan fingerprint density at radius 3 is 2.76 bits per heavy atom. The highest BCUT2D eigenvalue weighted by Gasteiger charge is 2.29. The highest BCUT2D eigenvalue weighted by Crippen LogP contribution is 2.38. The fourth-order valence-corrected chi connectivity index (χ4v) is 8.23. The summed E-state index contributed by atoms with van der Waals surface area (Å²) in [5.74, 6) is 0.842. The molecule has 0 spiro atoms. The molecule has 1 fully saturated rings. The van der Waals surface area contributed by atoms with Gasteiger partial charge in [-0.25, -0.2) is 8.42 Å². The van der Waals surface area contributed by atoms with Gasteiger partial charge in [0.25, 0.3) is 10.0 Å². The molecule has 2 aromatic rings. The minimum atomic E-state index is -3.34. The molecule has 21 heavy (non-hydrogen) atoms. The maximum Gasteiger partial charge on any atom is 0.252 e. The third kappa shape index (κ3) is 3.56. The Morgan fingerprint density at radius 2 is 2.10 bits per heavy atom. The predicted octanol–water partition coefficient (Wildman–Crippen LogP) is 4.44. The first-order valence-electron chi connectivity index (χ1n) is 6.48. The lowest BCUT2D eigenvalue weighted by Crippen LogP contribution is -2.32. The van der Waals surface area contributed by atoms with Crippen LogP contribution in [0.15, 0.2) is 37.6 Å². The van der Waals surface area contributed by atoms with E-state index in [2.05, 4.69) is 33.4 Å². The van der Waals surface area contributed by atoms with Gasteiger partial charge in [0, 0.05) is 29.0 Å². The Hall–Kier alpha value is 0.140. The first-order valence-corrected chi connectivity index (χ1v) is 11.5. The highest BCUT2D eigenvalue weighted by molar-refractivity contribution is 9.11. The van der Waals surface area contributed by atoms with Crippen molar-refractivity contribution in [3.8, 4) is 0 Å². The van der Waals surface area contributed by atoms with Gasteiger partial charge in [-0.15, -0.1) is 22.7 Å². The van der Waals surface area contributed by atoms with Crippen molar-refractivity contribution >= 4 is 60.4 Å². The van der Waals surface area contributed by atoms with Crippen molar-refractivity contribution in [3.63, 3.8) is 0 Å². The van der Waals surface area contributed by atoms with Gasteiger partial charge in [0.15, 0.2) is 0 Å². The van der Waals surface area contributed by atoms with E-state index in [9.17, 15) is 8.42 Å². The van der Waals surface area contributed by atoms with Crippen LogP contribution in [0, 0.1) is 0 Å². The third-order valence-electron chi connectivity index (χ3n) is 3.30. The van der Waals surface area contributed by atoms with Crippen LogP contribution in [0.25, 0.3) is 0 Å². The van der Waals surface area contributed by atoms with Crippen LogP contribution < -0.4 is 0 Å². The molecule has 0 aromatic carbocycles. The SMILES string of the molecule is O=S(=O)(c1ccc(Br)s1)N1CCSC(c2cccs2)CC1. The molecule has 2 aromatic heterocycles. The number of hydrogen-bond acceptors (Lipinski definition) is 5. The monoisotopic (exact) mass is 423 g/mol. The largest absolute Gasteiger partial charge is 0.252 e. The Kier molecular flexibility index (Phi) is 5.12. The van der Waals surface area contributed by atoms with Crippen LogP contribution in [-0.2, 0) is 10.0 Å². The molecule has 0 N–H and O–H groups in total. The minimum absolute atomic E-state index is 0.417. The quantitative estimate of drug-likeness (QED) is 0.731. The highest BCUT2D eigenvalue weighted by atomic mass is 79.9. The van der Waals surface area contributed by atoms with Crippen molar-refractivity contribution < 1.29 is 8.42 Å². The Bertz CT molecular complexity index is 696. The number of halogens is 1. The molecule has 0 amide bonds. The van der Waals surface area contributed by atoms with Crippen LogP contribution in [0.5, 0.6) is 0 Å². The molecule has 3 rings (SSSR count). The molecule has 1 aliphatic heterocycles. The van der Waals surface area contributed by atoms with E-state index >= 15 is 0 Å². The van der Waals surface area contributed by atoms with Crippen LogP contribution >= 0.6 is 50.4 Å². The van der Waals surface area contributed by atoms with Crippen molar-refractivity contribution in [2.45, 2.75) is 15.9 Å². The van der Waals surface area contributed by atoms with Gasteiger partial charge < -0.3 is 0 Å². The lowest BCUT2D eigenvalue weighted by atomic mass is 10.2. The topological polar surface area (TPSA) is 37.4 Å². The maximum atomic E-state index is 12.7. The third-order valence-corrected chi connectivity index (χ3v) is 9.74. The second kappa shape index (κ2) is 6.72. The number of nitrogens with zero attached hydrogens (tertiary/aromatic N) is 1. The molecule has 1 aliphatic rings. The van der Waals surface area contributed by atoms with Gasteiger partial charge in [0.2, 0.25) is 0 Å². The Morgan fingerprint density at radius 1 is 1.24 bits per heavy atom. The number of thioether (sulfide) groups is 1. The molecular weight excluding hydrogens is 410 g/mol. The summed E-state index contributed by atoms with van der Waals surface area (Å²) in [5.41, 5.74) is 0. The zero-order valence-electron chi connectivity index (χ0n) is 11.1. The second-order valence-electron chi connectivity index (χ2n) is 4.63. The molecule has 114 valence electrons. The fraction of sp³-hybridized carbons (Fsp3) is 0.385. The smallest absolute Gasteiger partial charge is 0.206 e. The van der Waals surface area contributed by atoms with Gasteiger partial charge in [0.05, 0.1) is 3.79 Å². The zero-order chi connectivity index (χ0) is 14.9. The standard InChI is InChI=1S/C13H14BrNO2S4/c14-12-3-4-13(20-12)21(16,17)15-6-5-11(19-9-7-15)10-2-1-8-18-10/h1-4,8,11H,5-7,9H2. The molecule has 0 bridgehead atoms. The number of hydrogen-bond donors (Lipinski definition) is 0. The van der Waals surface area contributed by atoms with Gasteiger partial charge in [0.1, 0.15) is 4.21 Å². The van der Waals surface area contributed by atoms with Crippen LogP contribution in [0.3, 0.4) is 0 Å². The molecule has 0 saturated carbocycles. The summed E-state index contributed by atoms with van der Waals surface area (Å²) < 4.78 is 28.2. The van der Waals surface area contributed by atoms with E-state index in [0.717, 1.165) is 16.0 Å². The lowest BCUT2D eigenvalue weighted by Gasteiger charge is -2.18. The summed E-state index contributed by atoms with van der Waals surface area (Å²) in [5, 5.41) is 2.50. The van der Waals surface area contributed by atoms with E-state index in [1.807, 2.05) is 11.8 Å². The van der Waals surface area contributed by atoms with Crippen LogP contribution in [0.2, 0.25) is 0 Å². The average molecular weight is 424 g/mol. The van der Waals surface area contributed by atoms with E-state index in [1.165, 1.54) is 16.2 Å². The van der Waals surface area contributed by atoms with Gasteiger partial charge in [-0.3, -0.25) is 0 Å². The summed E-state index contributed by atoms with van der Waals surface area (Å²) in [6.45, 7) is 1.18. The van der Waals surface area contributed by atoms with Crippen LogP contribution in [0.1, 0.15) is 16.5 Å². The number of rotatable bonds is 3. The Labute approximate surface area is 145 Å². The first-order chi connectivity index (χ1) is 10.1. The van der Waals surface area contributed by atoms with Crippen molar-refractivity contribution in [3.05, 3.63) is 38.3 Å². The molecular formula is C13H14BrNO2S4. The zero-order valence-corrected chi connectivity index (χ0v) is 15.9. The fourth-order valence-electron chi connectivity index (χ4n) is 2.26. The van der Waals surface area contributed by atoms with E-state index in [-0.39, 0.29) is 0 Å². The lowest BCUT2D eigenvalue weighted by molar-refractivity contribution is 0.430. The van der Waals surface area contributed by atoms with Gasteiger partial charge in [-0.1, -0.05) is 6.07 Å². The van der Waals surface area contributed by atoms with E-state index in [4.69, 9.17) is 0 Å². The van der Waals surface area contributed by atoms with E-state index in [1.54, 1.807) is 27.8 Å². The summed E-state index contributed by atoms with van der Waals surface area (Å²) >= 11 is 8.22. The molecule has 1 atom stereocenters. The van der Waals surface area contributed by atoms with Crippen molar-refractivity contribution in [1.82, 2.24) is 4.31 Å². The van der Waals surface area contributed by atoms with Gasteiger partial charge in [-0.2, -0.15) is 16.1 Å². The van der Waals surface area contributed by atoms with Crippen LogP contribution in [0.4, 0.5) is 0 Å². The first kappa shape index (κ1) is 16.0. The molecule has 1 unspecified atom stereocenters. The maximum absolute atomic E-state index is 12.7. The molecule has 3 heterocycles. The molecule has 0 radical (unpaired) electrons. The van der Waals surface area contributed by atoms with Crippen molar-refractivity contribution in [2.24, 2.45) is 0 Å². The van der Waals surface area contributed by atoms with Gasteiger partial charge >= 0.3 is 0 Å². The number of sulfonamides is 1. The van der Waals surface area contributed by atoms with Gasteiger partial charge in [-0.05, 0) is 45.9 Å². The number of thiophene rings is 2. The van der Waals surface area contributed by atoms with Crippen molar-refractivity contribution in [1.29, 1.82) is 0 Å². The van der Waals surface area contributed by atoms with E-state index in [0.29, 0.717) is 22.5 Å². The van der Waals surface area contributed by atoms with E-state index < -0.39 is 10.0 Å². The normalized spacial score (nSPS) is 21.3. The Balaban J connectivity index is 1.75. The summed E-state index contributed by atoms with van der Waals surface area (Å²) in [4.78, 5) is 1.35. The molecule has 8 heteroatoms. The van der Waals surface area contributed by atoms with Crippen molar-refractivity contribution in [2.75, 3.05) is 18.8 Å². The molecule has 1 saturated heterocycles. The molecule has 0 aliphatic carbocycles. The summed E-state index contributed by atoms with van der Waals surface area (Å²) in [6, 6.07) is 7.67. The molecule has 3 nitrogen and oxygen atoms in total. The average Bonchev–Trinajstić information content (AvgIpc) is 3.06. The van der Waals surface area contributed by atoms with Crippen LogP contribution in [-0.4, -0.2) is 31.6 Å². The summed E-state index contributed by atoms with van der Waals surface area (Å²) in [7, 11) is -3.34.